The smallest absolute Gasteiger partial charge is 0.259 e. The van der Waals surface area contributed by atoms with Gasteiger partial charge >= 0.3 is 0 Å². The van der Waals surface area contributed by atoms with Crippen LogP contribution in [0.25, 0.3) is 16.7 Å². The molecule has 7 nitrogen and oxygen atoms in total. The molecule has 174 valence electrons. The minimum atomic E-state index is -0.956. The zero-order valence-corrected chi connectivity index (χ0v) is 18.2. The Morgan fingerprint density at radius 1 is 1.03 bits per heavy atom. The number of morpholine rings is 1. The van der Waals surface area contributed by atoms with Crippen LogP contribution in [0.4, 0.5) is 24.8 Å². The van der Waals surface area contributed by atoms with Crippen molar-refractivity contribution in [1.82, 2.24) is 19.4 Å². The van der Waals surface area contributed by atoms with E-state index in [0.29, 0.717) is 35.5 Å². The number of hydrogen-bond acceptors (Lipinski definition) is 5. The number of carbonyl (C=O) groups excluding carboxylic acids is 1. The fourth-order valence-electron chi connectivity index (χ4n) is 3.87. The summed E-state index contributed by atoms with van der Waals surface area (Å²) < 4.78 is 50.1. The lowest BCUT2D eigenvalue weighted by Crippen LogP contribution is -2.41. The van der Waals surface area contributed by atoms with Gasteiger partial charge < -0.3 is 19.5 Å². The molecular weight excluding hydrogens is 447 g/mol. The minimum absolute atomic E-state index is 0.172. The molecule has 0 unspecified atom stereocenters. The first-order valence-corrected chi connectivity index (χ1v) is 10.6. The number of benzene rings is 2. The molecule has 0 spiro atoms. The van der Waals surface area contributed by atoms with E-state index >= 15 is 0 Å². The van der Waals surface area contributed by atoms with Crippen LogP contribution in [0.1, 0.15) is 15.9 Å². The summed E-state index contributed by atoms with van der Waals surface area (Å²) in [5.41, 5.74) is 1.05. The van der Waals surface area contributed by atoms with Gasteiger partial charge in [-0.05, 0) is 48.9 Å². The van der Waals surface area contributed by atoms with Crippen LogP contribution in [-0.4, -0.2) is 51.6 Å². The van der Waals surface area contributed by atoms with Crippen LogP contribution in [-0.2, 0) is 4.74 Å². The van der Waals surface area contributed by atoms with Gasteiger partial charge in [0.1, 0.15) is 28.7 Å². The Morgan fingerprint density at radius 3 is 2.47 bits per heavy atom. The molecule has 34 heavy (non-hydrogen) atoms. The van der Waals surface area contributed by atoms with Crippen LogP contribution >= 0.6 is 0 Å². The van der Waals surface area contributed by atoms with Gasteiger partial charge in [0.25, 0.3) is 5.91 Å². The van der Waals surface area contributed by atoms with Crippen molar-refractivity contribution in [3.8, 4) is 5.69 Å². The maximum absolute atomic E-state index is 14.9. The van der Waals surface area contributed by atoms with Crippen molar-refractivity contribution >= 4 is 28.6 Å². The van der Waals surface area contributed by atoms with Gasteiger partial charge in [-0.15, -0.1) is 0 Å². The van der Waals surface area contributed by atoms with E-state index in [4.69, 9.17) is 4.74 Å². The summed E-state index contributed by atoms with van der Waals surface area (Å²) in [6.07, 6.45) is 3.18. The zero-order valence-electron chi connectivity index (χ0n) is 18.2. The number of nitrogens with zero attached hydrogens (tertiary/aromatic N) is 4. The predicted octanol–water partition coefficient (Wildman–Crippen LogP) is 4.36. The Labute approximate surface area is 192 Å². The number of carbonyl (C=O) groups is 1. The van der Waals surface area contributed by atoms with Crippen LogP contribution in [0.3, 0.4) is 0 Å². The zero-order chi connectivity index (χ0) is 23.8. The van der Waals surface area contributed by atoms with Gasteiger partial charge in [0.05, 0.1) is 18.9 Å². The Hall–Kier alpha value is -3.92. The molecule has 0 bridgehead atoms. The van der Waals surface area contributed by atoms with Crippen LogP contribution < -0.4 is 5.32 Å². The second-order valence-corrected chi connectivity index (χ2v) is 7.94. The summed E-state index contributed by atoms with van der Waals surface area (Å²) in [5, 5.41) is 3.65. The molecule has 0 atom stereocenters. The summed E-state index contributed by atoms with van der Waals surface area (Å²) in [6.45, 7) is 2.86. The Morgan fingerprint density at radius 2 is 1.76 bits per heavy atom. The third-order valence-corrected chi connectivity index (χ3v) is 5.66. The van der Waals surface area contributed by atoms with E-state index in [1.807, 2.05) is 0 Å². The monoisotopic (exact) mass is 467 g/mol. The van der Waals surface area contributed by atoms with E-state index in [9.17, 15) is 18.0 Å². The van der Waals surface area contributed by atoms with Crippen LogP contribution in [0.15, 0.2) is 48.8 Å². The van der Waals surface area contributed by atoms with Gasteiger partial charge in [0.2, 0.25) is 5.95 Å². The first kappa shape index (κ1) is 21.9. The molecule has 10 heteroatoms. The number of hydrogen-bond donors (Lipinski definition) is 1. The number of halogens is 3. The van der Waals surface area contributed by atoms with Crippen molar-refractivity contribution in [2.45, 2.75) is 6.92 Å². The fourth-order valence-corrected chi connectivity index (χ4v) is 3.87. The van der Waals surface area contributed by atoms with Gasteiger partial charge in [-0.2, -0.15) is 4.98 Å². The van der Waals surface area contributed by atoms with Crippen molar-refractivity contribution in [2.24, 2.45) is 0 Å². The number of nitrogens with one attached hydrogen (secondary N) is 1. The number of amides is 1. The highest BCUT2D eigenvalue weighted by atomic mass is 19.1. The number of aryl methyl sites for hydroxylation is 1. The minimum Gasteiger partial charge on any atom is -0.378 e. The average Bonchev–Trinajstić information content (AvgIpc) is 3.25. The highest BCUT2D eigenvalue weighted by Gasteiger charge is 2.26. The predicted molar refractivity (Wildman–Crippen MR) is 120 cm³/mol. The van der Waals surface area contributed by atoms with Gasteiger partial charge in [-0.1, -0.05) is 0 Å². The van der Waals surface area contributed by atoms with Crippen molar-refractivity contribution in [3.05, 3.63) is 77.4 Å². The molecule has 0 aliphatic carbocycles. The van der Waals surface area contributed by atoms with Gasteiger partial charge in [0.15, 0.2) is 0 Å². The second kappa shape index (κ2) is 8.79. The summed E-state index contributed by atoms with van der Waals surface area (Å²) in [4.78, 5) is 22.7. The van der Waals surface area contributed by atoms with Crippen LogP contribution in [0.5, 0.6) is 0 Å². The molecule has 1 fully saturated rings. The van der Waals surface area contributed by atoms with E-state index < -0.39 is 23.1 Å². The Kier molecular flexibility index (Phi) is 5.66. The van der Waals surface area contributed by atoms with Crippen LogP contribution in [0, 0.1) is 24.4 Å². The fraction of sp³-hybridized carbons (Fsp3) is 0.208. The number of rotatable bonds is 4. The Bertz CT molecular complexity index is 1380. The number of fused-ring (bicyclic) bond motifs is 1. The van der Waals surface area contributed by atoms with E-state index in [0.717, 1.165) is 12.1 Å². The molecule has 2 aromatic carbocycles. The van der Waals surface area contributed by atoms with Crippen molar-refractivity contribution < 1.29 is 22.7 Å². The quantitative estimate of drug-likeness (QED) is 0.483. The normalized spacial score (nSPS) is 13.9. The van der Waals surface area contributed by atoms with Crippen LogP contribution in [0.2, 0.25) is 0 Å². The number of ether oxygens (including phenoxy) is 1. The molecule has 0 radical (unpaired) electrons. The topological polar surface area (TPSA) is 72.3 Å². The molecule has 2 aromatic heterocycles. The molecule has 4 aromatic rings. The van der Waals surface area contributed by atoms with E-state index in [1.54, 1.807) is 37.5 Å². The first-order chi connectivity index (χ1) is 16.4. The summed E-state index contributed by atoms with van der Waals surface area (Å²) >= 11 is 0. The third-order valence-electron chi connectivity index (χ3n) is 5.66. The SMILES string of the molecule is Cc1cc(Nc2ncc3ccn(-c4cc(F)c(C(=O)N5CCOCC5)c(F)c4)c3n2)ccc1F. The molecule has 1 aliphatic heterocycles. The second-order valence-electron chi connectivity index (χ2n) is 7.94. The maximum atomic E-state index is 14.9. The molecule has 0 saturated carbocycles. The molecule has 1 amide bonds. The summed E-state index contributed by atoms with van der Waals surface area (Å²) in [7, 11) is 0. The van der Waals surface area contributed by atoms with Gasteiger partial charge in [-0.3, -0.25) is 4.79 Å². The molecule has 1 N–H and O–H groups in total. The van der Waals surface area contributed by atoms with Gasteiger partial charge in [0, 0.05) is 36.6 Å². The van der Waals surface area contributed by atoms with Crippen molar-refractivity contribution in [2.75, 3.05) is 31.6 Å². The Balaban J connectivity index is 1.48. The third kappa shape index (κ3) is 4.08. The van der Waals surface area contributed by atoms with Crippen molar-refractivity contribution in [3.63, 3.8) is 0 Å². The van der Waals surface area contributed by atoms with Crippen molar-refractivity contribution in [1.29, 1.82) is 0 Å². The van der Waals surface area contributed by atoms with Gasteiger partial charge in [-0.25, -0.2) is 18.2 Å². The number of aromatic nitrogens is 3. The molecule has 1 aliphatic rings. The highest BCUT2D eigenvalue weighted by molar-refractivity contribution is 5.95. The molecule has 1 saturated heterocycles. The summed E-state index contributed by atoms with van der Waals surface area (Å²) in [5.74, 6) is -2.70. The lowest BCUT2D eigenvalue weighted by atomic mass is 10.1. The van der Waals surface area contributed by atoms with E-state index in [1.165, 1.54) is 15.5 Å². The highest BCUT2D eigenvalue weighted by Crippen LogP contribution is 2.25. The maximum Gasteiger partial charge on any atom is 0.259 e. The van der Waals surface area contributed by atoms with E-state index in [2.05, 4.69) is 15.3 Å². The standard InChI is InChI=1S/C24H20F3N5O2/c1-14-10-16(2-3-18(14)25)29-24-28-13-15-4-5-32(22(15)30-24)17-11-19(26)21(20(27)12-17)23(33)31-6-8-34-9-7-31/h2-5,10-13H,6-9H2,1H3,(H,28,29,30). The first-order valence-electron chi connectivity index (χ1n) is 10.6. The molecule has 5 rings (SSSR count). The average molecular weight is 467 g/mol. The summed E-state index contributed by atoms with van der Waals surface area (Å²) in [6, 6.07) is 8.44. The number of anilines is 2. The lowest BCUT2D eigenvalue weighted by Gasteiger charge is -2.27. The largest absolute Gasteiger partial charge is 0.378 e. The lowest BCUT2D eigenvalue weighted by molar-refractivity contribution is 0.0296. The molecular formula is C24H20F3N5O2. The van der Waals surface area contributed by atoms with E-state index in [-0.39, 0.29) is 30.5 Å². The molecule has 3 heterocycles.